The molecule has 1 N–H and O–H groups in total. The Hall–Kier alpha value is -1.39. The van der Waals surface area contributed by atoms with Gasteiger partial charge in [0.15, 0.2) is 0 Å². The first-order valence-corrected chi connectivity index (χ1v) is 6.34. The van der Waals surface area contributed by atoms with Crippen LogP contribution in [0.1, 0.15) is 44.9 Å². The van der Waals surface area contributed by atoms with Crippen molar-refractivity contribution in [2.75, 3.05) is 0 Å². The van der Waals surface area contributed by atoms with Crippen LogP contribution in [0.25, 0.3) is 0 Å². The van der Waals surface area contributed by atoms with Crippen LogP contribution in [-0.4, -0.2) is 28.8 Å². The lowest BCUT2D eigenvalue weighted by molar-refractivity contribution is -0.153. The fraction of sp³-hybridized carbons (Fsp3) is 0.750. The van der Waals surface area contributed by atoms with Crippen molar-refractivity contribution in [2.45, 2.75) is 51.0 Å². The predicted octanol–water partition coefficient (Wildman–Crippen LogP) is 1.18. The number of nitrogens with zero attached hydrogens (tertiary/aromatic N) is 1. The Balaban J connectivity index is 1.93. The van der Waals surface area contributed by atoms with Gasteiger partial charge in [0.1, 0.15) is 5.41 Å². The molecule has 1 heterocycles. The molecule has 0 bridgehead atoms. The van der Waals surface area contributed by atoms with Crippen molar-refractivity contribution in [3.63, 3.8) is 0 Å². The highest BCUT2D eigenvalue weighted by molar-refractivity contribution is 6.19. The molecule has 2 aliphatic carbocycles. The van der Waals surface area contributed by atoms with E-state index in [9.17, 15) is 14.4 Å². The molecule has 3 aliphatic rings. The lowest BCUT2D eigenvalue weighted by Crippen LogP contribution is -2.66. The lowest BCUT2D eigenvalue weighted by atomic mass is 9.80. The number of carbonyl (C=O) groups is 3. The van der Waals surface area contributed by atoms with E-state index in [0.717, 1.165) is 32.1 Å². The van der Waals surface area contributed by atoms with E-state index in [4.69, 9.17) is 0 Å². The largest absolute Gasteiger partial charge is 0.331 e. The Morgan fingerprint density at radius 1 is 1.06 bits per heavy atom. The molecular formula is C12H16N2O3. The number of hydrogen-bond donors (Lipinski definition) is 1. The smallest absolute Gasteiger partial charge is 0.277 e. The van der Waals surface area contributed by atoms with E-state index in [-0.39, 0.29) is 17.9 Å². The minimum Gasteiger partial charge on any atom is -0.277 e. The molecule has 1 aliphatic heterocycles. The molecule has 0 radical (unpaired) electrons. The Morgan fingerprint density at radius 2 is 1.71 bits per heavy atom. The van der Waals surface area contributed by atoms with Gasteiger partial charge in [-0.1, -0.05) is 12.8 Å². The Labute approximate surface area is 99.5 Å². The van der Waals surface area contributed by atoms with Gasteiger partial charge in [0.25, 0.3) is 0 Å². The molecule has 0 aromatic carbocycles. The first kappa shape index (κ1) is 10.7. The Morgan fingerprint density at radius 3 is 2.24 bits per heavy atom. The highest BCUT2D eigenvalue weighted by atomic mass is 16.2. The molecule has 3 fully saturated rings. The van der Waals surface area contributed by atoms with Crippen molar-refractivity contribution < 1.29 is 14.4 Å². The van der Waals surface area contributed by atoms with Crippen molar-refractivity contribution in [3.05, 3.63) is 0 Å². The van der Waals surface area contributed by atoms with Gasteiger partial charge in [0.05, 0.1) is 0 Å². The standard InChI is InChI=1S/C12H16N2O3/c15-9-12(6-1-2-7-12)10(16)14(11(17)13-9)8-4-3-5-8/h8H,1-7H2,(H,13,15,17). The summed E-state index contributed by atoms with van der Waals surface area (Å²) in [7, 11) is 0. The van der Waals surface area contributed by atoms with Gasteiger partial charge in [-0.05, 0) is 32.1 Å². The minimum atomic E-state index is -0.927. The third-order valence-electron chi connectivity index (χ3n) is 4.40. The molecule has 1 saturated heterocycles. The summed E-state index contributed by atoms with van der Waals surface area (Å²) in [6.45, 7) is 0. The number of barbiturate groups is 1. The first-order chi connectivity index (χ1) is 8.15. The zero-order valence-corrected chi connectivity index (χ0v) is 9.70. The van der Waals surface area contributed by atoms with Crippen molar-refractivity contribution in [2.24, 2.45) is 5.41 Å². The highest BCUT2D eigenvalue weighted by Gasteiger charge is 2.56. The van der Waals surface area contributed by atoms with E-state index in [1.54, 1.807) is 0 Å². The molecule has 0 aromatic heterocycles. The molecule has 2 saturated carbocycles. The molecule has 0 atom stereocenters. The summed E-state index contributed by atoms with van der Waals surface area (Å²) in [5.41, 5.74) is -0.927. The van der Waals surface area contributed by atoms with E-state index in [1.807, 2.05) is 0 Å². The molecule has 0 aromatic rings. The van der Waals surface area contributed by atoms with E-state index in [0.29, 0.717) is 12.8 Å². The molecule has 92 valence electrons. The maximum absolute atomic E-state index is 12.4. The van der Waals surface area contributed by atoms with Gasteiger partial charge < -0.3 is 0 Å². The molecule has 4 amide bonds. The summed E-state index contributed by atoms with van der Waals surface area (Å²) in [6.07, 6.45) is 5.79. The number of carbonyl (C=O) groups excluding carboxylic acids is 3. The van der Waals surface area contributed by atoms with Crippen LogP contribution in [0.4, 0.5) is 4.79 Å². The van der Waals surface area contributed by atoms with Crippen LogP contribution in [0, 0.1) is 5.41 Å². The van der Waals surface area contributed by atoms with Crippen LogP contribution in [0.2, 0.25) is 0 Å². The molecule has 3 rings (SSSR count). The van der Waals surface area contributed by atoms with Gasteiger partial charge >= 0.3 is 6.03 Å². The maximum atomic E-state index is 12.4. The Kier molecular flexibility index (Phi) is 2.24. The first-order valence-electron chi connectivity index (χ1n) is 6.34. The second kappa shape index (κ2) is 3.55. The van der Waals surface area contributed by atoms with Crippen LogP contribution < -0.4 is 5.32 Å². The number of urea groups is 1. The monoisotopic (exact) mass is 236 g/mol. The average molecular weight is 236 g/mol. The molecule has 17 heavy (non-hydrogen) atoms. The third-order valence-corrected chi connectivity index (χ3v) is 4.40. The van der Waals surface area contributed by atoms with Crippen LogP contribution in [0.5, 0.6) is 0 Å². The van der Waals surface area contributed by atoms with Crippen molar-refractivity contribution in [1.82, 2.24) is 10.2 Å². The van der Waals surface area contributed by atoms with Crippen molar-refractivity contribution >= 4 is 17.8 Å². The molecular weight excluding hydrogens is 220 g/mol. The summed E-state index contributed by atoms with van der Waals surface area (Å²) in [5, 5.41) is 2.37. The summed E-state index contributed by atoms with van der Waals surface area (Å²) in [5.74, 6) is -0.617. The zero-order valence-electron chi connectivity index (χ0n) is 9.70. The second-order valence-electron chi connectivity index (χ2n) is 5.31. The van der Waals surface area contributed by atoms with E-state index in [2.05, 4.69) is 5.32 Å². The fourth-order valence-corrected chi connectivity index (χ4v) is 3.09. The third kappa shape index (κ3) is 1.34. The summed E-state index contributed by atoms with van der Waals surface area (Å²) >= 11 is 0. The lowest BCUT2D eigenvalue weighted by Gasteiger charge is -2.43. The minimum absolute atomic E-state index is 0.0214. The van der Waals surface area contributed by atoms with E-state index < -0.39 is 11.4 Å². The number of hydrogen-bond acceptors (Lipinski definition) is 3. The molecule has 0 unspecified atom stereocenters. The van der Waals surface area contributed by atoms with Gasteiger partial charge in [0, 0.05) is 6.04 Å². The summed E-state index contributed by atoms with van der Waals surface area (Å²) in [6, 6.07) is -0.490. The SMILES string of the molecule is O=C1NC(=O)C2(CCCC2)C(=O)N1C1CCC1. The van der Waals surface area contributed by atoms with Crippen molar-refractivity contribution in [3.8, 4) is 0 Å². The van der Waals surface area contributed by atoms with Crippen LogP contribution in [-0.2, 0) is 9.59 Å². The second-order valence-corrected chi connectivity index (χ2v) is 5.31. The van der Waals surface area contributed by atoms with Gasteiger partial charge in [-0.25, -0.2) is 4.79 Å². The summed E-state index contributed by atoms with van der Waals surface area (Å²) < 4.78 is 0. The quantitative estimate of drug-likeness (QED) is 0.695. The molecule has 5 nitrogen and oxygen atoms in total. The predicted molar refractivity (Wildman–Crippen MR) is 58.9 cm³/mol. The van der Waals surface area contributed by atoms with Crippen LogP contribution in [0.15, 0.2) is 0 Å². The summed E-state index contributed by atoms with van der Waals surface area (Å²) in [4.78, 5) is 37.5. The van der Waals surface area contributed by atoms with Gasteiger partial charge in [-0.15, -0.1) is 0 Å². The van der Waals surface area contributed by atoms with Crippen LogP contribution >= 0.6 is 0 Å². The molecule has 5 heteroatoms. The van der Waals surface area contributed by atoms with Crippen molar-refractivity contribution in [1.29, 1.82) is 0 Å². The van der Waals surface area contributed by atoms with E-state index in [1.165, 1.54) is 4.90 Å². The molecule has 1 spiro atoms. The average Bonchev–Trinajstić information content (AvgIpc) is 2.69. The normalized spacial score (nSPS) is 28.5. The fourth-order valence-electron chi connectivity index (χ4n) is 3.09. The maximum Gasteiger partial charge on any atom is 0.331 e. The number of rotatable bonds is 1. The zero-order chi connectivity index (χ0) is 12.0. The number of imide groups is 2. The van der Waals surface area contributed by atoms with Crippen LogP contribution in [0.3, 0.4) is 0 Å². The van der Waals surface area contributed by atoms with E-state index >= 15 is 0 Å². The highest BCUT2D eigenvalue weighted by Crippen LogP contribution is 2.43. The van der Waals surface area contributed by atoms with Gasteiger partial charge in [-0.3, -0.25) is 19.8 Å². The topological polar surface area (TPSA) is 66.5 Å². The number of nitrogens with one attached hydrogen (secondary N) is 1. The van der Waals surface area contributed by atoms with Gasteiger partial charge in [-0.2, -0.15) is 0 Å². The Bertz CT molecular complexity index is 395. The number of amides is 4. The van der Waals surface area contributed by atoms with Gasteiger partial charge in [0.2, 0.25) is 11.8 Å².